The van der Waals surface area contributed by atoms with Gasteiger partial charge in [0, 0.05) is 37.9 Å². The number of anilines is 1. The first-order valence-corrected chi connectivity index (χ1v) is 7.45. The Hall–Kier alpha value is -1.96. The predicted molar refractivity (Wildman–Crippen MR) is 80.2 cm³/mol. The molecular formula is C15H20F3N3O2. The van der Waals surface area contributed by atoms with Crippen LogP contribution in [0, 0.1) is 0 Å². The minimum Gasteiger partial charge on any atom is -0.406 e. The number of nitrogens with zero attached hydrogens (tertiary/aromatic N) is 2. The van der Waals surface area contributed by atoms with Gasteiger partial charge in [-0.15, -0.1) is 13.2 Å². The normalized spacial score (nSPS) is 17.1. The summed E-state index contributed by atoms with van der Waals surface area (Å²) in [6.45, 7) is 3.92. The number of amides is 1. The van der Waals surface area contributed by atoms with Crippen molar-refractivity contribution in [2.24, 2.45) is 5.73 Å². The van der Waals surface area contributed by atoms with Gasteiger partial charge in [0.15, 0.2) is 0 Å². The molecule has 1 aromatic carbocycles. The van der Waals surface area contributed by atoms with Crippen molar-refractivity contribution in [3.63, 3.8) is 0 Å². The highest BCUT2D eigenvalue weighted by Gasteiger charge is 2.31. The third kappa shape index (κ3) is 4.75. The van der Waals surface area contributed by atoms with E-state index >= 15 is 0 Å². The van der Waals surface area contributed by atoms with Crippen molar-refractivity contribution >= 4 is 11.6 Å². The highest BCUT2D eigenvalue weighted by molar-refractivity contribution is 5.81. The molecular weight excluding hydrogens is 311 g/mol. The number of rotatable bonds is 4. The Morgan fingerprint density at radius 1 is 1.30 bits per heavy atom. The number of carbonyl (C=O) groups is 1. The van der Waals surface area contributed by atoms with Gasteiger partial charge in [0.25, 0.3) is 0 Å². The Morgan fingerprint density at radius 3 is 2.52 bits per heavy atom. The average Bonchev–Trinajstić information content (AvgIpc) is 2.52. The molecule has 1 saturated heterocycles. The van der Waals surface area contributed by atoms with Crippen LogP contribution in [0.1, 0.15) is 13.3 Å². The second kappa shape index (κ2) is 7.08. The summed E-state index contributed by atoms with van der Waals surface area (Å²) in [5.41, 5.74) is 6.38. The summed E-state index contributed by atoms with van der Waals surface area (Å²) in [4.78, 5) is 15.6. The van der Waals surface area contributed by atoms with Crippen LogP contribution in [0.5, 0.6) is 5.75 Å². The van der Waals surface area contributed by atoms with Gasteiger partial charge >= 0.3 is 6.36 Å². The maximum absolute atomic E-state index is 12.3. The van der Waals surface area contributed by atoms with E-state index in [1.165, 1.54) is 18.2 Å². The fourth-order valence-corrected chi connectivity index (χ4v) is 2.47. The molecule has 2 rings (SSSR count). The van der Waals surface area contributed by atoms with Crippen LogP contribution in [0.15, 0.2) is 24.3 Å². The fraction of sp³-hybridized carbons (Fsp3) is 0.533. The number of carbonyl (C=O) groups excluding carboxylic acids is 1. The molecule has 0 unspecified atom stereocenters. The van der Waals surface area contributed by atoms with E-state index in [9.17, 15) is 18.0 Å². The van der Waals surface area contributed by atoms with Crippen LogP contribution >= 0.6 is 0 Å². The molecule has 23 heavy (non-hydrogen) atoms. The first kappa shape index (κ1) is 17.4. The molecule has 0 bridgehead atoms. The van der Waals surface area contributed by atoms with Crippen LogP contribution in [0.25, 0.3) is 0 Å². The maximum Gasteiger partial charge on any atom is 0.573 e. The van der Waals surface area contributed by atoms with Crippen molar-refractivity contribution in [2.75, 3.05) is 31.1 Å². The van der Waals surface area contributed by atoms with E-state index in [1.807, 2.05) is 11.8 Å². The zero-order valence-corrected chi connectivity index (χ0v) is 12.8. The molecule has 1 fully saturated rings. The van der Waals surface area contributed by atoms with Gasteiger partial charge in [0.05, 0.1) is 6.04 Å². The Kier molecular flexibility index (Phi) is 5.35. The molecule has 1 aromatic rings. The zero-order chi connectivity index (χ0) is 17.0. The number of ether oxygens (including phenoxy) is 1. The van der Waals surface area contributed by atoms with E-state index in [-0.39, 0.29) is 11.7 Å². The first-order chi connectivity index (χ1) is 10.8. The molecule has 1 aliphatic heterocycles. The quantitative estimate of drug-likeness (QED) is 0.916. The van der Waals surface area contributed by atoms with Crippen LogP contribution in [0.2, 0.25) is 0 Å². The monoisotopic (exact) mass is 331 g/mol. The van der Waals surface area contributed by atoms with Gasteiger partial charge < -0.3 is 20.3 Å². The summed E-state index contributed by atoms with van der Waals surface area (Å²) < 4.78 is 40.7. The number of piperazine rings is 1. The Morgan fingerprint density at radius 2 is 1.96 bits per heavy atom. The minimum atomic E-state index is -4.71. The Balaban J connectivity index is 1.98. The number of nitrogens with two attached hydrogens (primary N) is 1. The molecule has 0 aliphatic carbocycles. The van der Waals surface area contributed by atoms with Crippen LogP contribution < -0.4 is 15.4 Å². The molecule has 5 nitrogen and oxygen atoms in total. The van der Waals surface area contributed by atoms with Crippen molar-refractivity contribution < 1.29 is 22.7 Å². The lowest BCUT2D eigenvalue weighted by molar-refractivity contribution is -0.274. The molecule has 1 aliphatic rings. The molecule has 1 atom stereocenters. The topological polar surface area (TPSA) is 58.8 Å². The standard InChI is InChI=1S/C15H20F3N3O2/c1-2-13(19)14(22)21-8-6-20(7-9-21)11-4-3-5-12(10-11)23-15(16,17)18/h3-5,10,13H,2,6-9,19H2,1H3/t13-/m0/s1. The van der Waals surface area contributed by atoms with Gasteiger partial charge in [0.1, 0.15) is 5.75 Å². The summed E-state index contributed by atoms with van der Waals surface area (Å²) in [7, 11) is 0. The zero-order valence-electron chi connectivity index (χ0n) is 12.8. The second-order valence-corrected chi connectivity index (χ2v) is 5.37. The molecule has 1 heterocycles. The third-order valence-electron chi connectivity index (χ3n) is 3.76. The number of alkyl halides is 3. The van der Waals surface area contributed by atoms with E-state index < -0.39 is 12.4 Å². The molecule has 2 N–H and O–H groups in total. The highest BCUT2D eigenvalue weighted by Crippen LogP contribution is 2.27. The van der Waals surface area contributed by atoms with Gasteiger partial charge in [-0.1, -0.05) is 13.0 Å². The molecule has 1 amide bonds. The van der Waals surface area contributed by atoms with Crippen molar-refractivity contribution in [1.29, 1.82) is 0 Å². The number of halogens is 3. The number of hydrogen-bond acceptors (Lipinski definition) is 4. The summed E-state index contributed by atoms with van der Waals surface area (Å²) >= 11 is 0. The average molecular weight is 331 g/mol. The molecule has 0 aromatic heterocycles. The molecule has 8 heteroatoms. The van der Waals surface area contributed by atoms with Crippen molar-refractivity contribution in [2.45, 2.75) is 25.7 Å². The third-order valence-corrected chi connectivity index (χ3v) is 3.76. The van der Waals surface area contributed by atoms with E-state index in [4.69, 9.17) is 5.73 Å². The number of benzene rings is 1. The summed E-state index contributed by atoms with van der Waals surface area (Å²) in [5.74, 6) is -0.331. The van der Waals surface area contributed by atoms with Gasteiger partial charge in [-0.3, -0.25) is 4.79 Å². The van der Waals surface area contributed by atoms with Crippen molar-refractivity contribution in [3.8, 4) is 5.75 Å². The molecule has 0 spiro atoms. The lowest BCUT2D eigenvalue weighted by atomic mass is 10.2. The van der Waals surface area contributed by atoms with Gasteiger partial charge in [0.2, 0.25) is 5.91 Å². The molecule has 128 valence electrons. The Bertz CT molecular complexity index is 543. The van der Waals surface area contributed by atoms with E-state index in [0.29, 0.717) is 38.3 Å². The highest BCUT2D eigenvalue weighted by atomic mass is 19.4. The smallest absolute Gasteiger partial charge is 0.406 e. The summed E-state index contributed by atoms with van der Waals surface area (Å²) in [5, 5.41) is 0. The summed E-state index contributed by atoms with van der Waals surface area (Å²) in [6, 6.07) is 5.35. The predicted octanol–water partition coefficient (Wildman–Crippen LogP) is 1.97. The largest absolute Gasteiger partial charge is 0.573 e. The van der Waals surface area contributed by atoms with Crippen LogP contribution in [-0.2, 0) is 4.79 Å². The van der Waals surface area contributed by atoms with Crippen LogP contribution in [-0.4, -0.2) is 49.4 Å². The lowest BCUT2D eigenvalue weighted by Crippen LogP contribution is -2.53. The van der Waals surface area contributed by atoms with Crippen LogP contribution in [0.4, 0.5) is 18.9 Å². The van der Waals surface area contributed by atoms with Crippen molar-refractivity contribution in [1.82, 2.24) is 4.90 Å². The first-order valence-electron chi connectivity index (χ1n) is 7.45. The van der Waals surface area contributed by atoms with Gasteiger partial charge in [-0.05, 0) is 18.6 Å². The van der Waals surface area contributed by atoms with Gasteiger partial charge in [-0.2, -0.15) is 0 Å². The SMILES string of the molecule is CC[C@H](N)C(=O)N1CCN(c2cccc(OC(F)(F)F)c2)CC1. The van der Waals surface area contributed by atoms with E-state index in [1.54, 1.807) is 11.0 Å². The maximum atomic E-state index is 12.3. The summed E-state index contributed by atoms with van der Waals surface area (Å²) in [6.07, 6.45) is -4.13. The fourth-order valence-electron chi connectivity index (χ4n) is 2.47. The molecule has 0 radical (unpaired) electrons. The molecule has 0 saturated carbocycles. The van der Waals surface area contributed by atoms with E-state index in [2.05, 4.69) is 4.74 Å². The number of hydrogen-bond donors (Lipinski definition) is 1. The van der Waals surface area contributed by atoms with Crippen LogP contribution in [0.3, 0.4) is 0 Å². The Labute approximate surface area is 132 Å². The van der Waals surface area contributed by atoms with Crippen molar-refractivity contribution in [3.05, 3.63) is 24.3 Å². The lowest BCUT2D eigenvalue weighted by Gasteiger charge is -2.37. The van der Waals surface area contributed by atoms with Gasteiger partial charge in [-0.25, -0.2) is 0 Å². The second-order valence-electron chi connectivity index (χ2n) is 5.37. The van der Waals surface area contributed by atoms with E-state index in [0.717, 1.165) is 0 Å². The minimum absolute atomic E-state index is 0.0821.